The number of nitrogens with zero attached hydrogens (tertiary/aromatic N) is 1. The van der Waals surface area contributed by atoms with E-state index in [0.29, 0.717) is 6.54 Å². The third-order valence-electron chi connectivity index (χ3n) is 2.80. The van der Waals surface area contributed by atoms with Crippen LogP contribution >= 0.6 is 22.9 Å². The molecule has 2 rings (SSSR count). The van der Waals surface area contributed by atoms with Crippen molar-refractivity contribution >= 4 is 22.9 Å². The van der Waals surface area contributed by atoms with Crippen molar-refractivity contribution in [3.05, 3.63) is 44.9 Å². The maximum Gasteiger partial charge on any atom is 0.124 e. The predicted octanol–water partition coefficient (Wildman–Crippen LogP) is 3.66. The van der Waals surface area contributed by atoms with E-state index in [1.54, 1.807) is 18.4 Å². The third-order valence-corrected chi connectivity index (χ3v) is 4.30. The van der Waals surface area contributed by atoms with Crippen LogP contribution in [-0.4, -0.2) is 12.1 Å². The smallest absolute Gasteiger partial charge is 0.124 e. The molecule has 0 radical (unpaired) electrons. The largest absolute Gasteiger partial charge is 0.496 e. The van der Waals surface area contributed by atoms with Gasteiger partial charge in [-0.05, 0) is 18.6 Å². The molecule has 0 saturated heterocycles. The molecule has 3 nitrogen and oxygen atoms in total. The number of halogens is 1. The Morgan fingerprint density at radius 2 is 2.21 bits per heavy atom. The van der Waals surface area contributed by atoms with E-state index in [-0.39, 0.29) is 0 Å². The molecule has 0 amide bonds. The summed E-state index contributed by atoms with van der Waals surface area (Å²) in [6.45, 7) is 3.60. The lowest BCUT2D eigenvalue weighted by molar-refractivity contribution is 0.408. The van der Waals surface area contributed by atoms with Crippen molar-refractivity contribution in [2.45, 2.75) is 26.4 Å². The molecule has 1 aromatic carbocycles. The standard InChI is InChI=1S/C14H17ClN2OS/c1-3-14-17-8-10(19-14)7-16-9-11-12(15)5-4-6-13(11)18-2/h4-6,8,16H,3,7,9H2,1-2H3. The van der Waals surface area contributed by atoms with Gasteiger partial charge in [-0.15, -0.1) is 11.3 Å². The van der Waals surface area contributed by atoms with Crippen LogP contribution in [0.15, 0.2) is 24.4 Å². The van der Waals surface area contributed by atoms with Crippen LogP contribution in [0.3, 0.4) is 0 Å². The summed E-state index contributed by atoms with van der Waals surface area (Å²) >= 11 is 7.93. The minimum absolute atomic E-state index is 0.683. The molecule has 0 unspecified atom stereocenters. The fraction of sp³-hybridized carbons (Fsp3) is 0.357. The normalized spacial score (nSPS) is 10.7. The molecule has 1 aromatic heterocycles. The van der Waals surface area contributed by atoms with Crippen molar-refractivity contribution in [2.75, 3.05) is 7.11 Å². The summed E-state index contributed by atoms with van der Waals surface area (Å²) in [6.07, 6.45) is 2.92. The van der Waals surface area contributed by atoms with Gasteiger partial charge in [0.25, 0.3) is 0 Å². The fourth-order valence-corrected chi connectivity index (χ4v) is 2.87. The van der Waals surface area contributed by atoms with Crippen LogP contribution < -0.4 is 10.1 Å². The molecule has 0 aliphatic carbocycles. The summed E-state index contributed by atoms with van der Waals surface area (Å²) in [7, 11) is 1.66. The highest BCUT2D eigenvalue weighted by Gasteiger charge is 2.07. The van der Waals surface area contributed by atoms with Crippen LogP contribution in [0.2, 0.25) is 5.02 Å². The van der Waals surface area contributed by atoms with Gasteiger partial charge in [-0.1, -0.05) is 24.6 Å². The SMILES string of the molecule is CCc1ncc(CNCc2c(Cl)cccc2OC)s1. The number of rotatable bonds is 6. The molecule has 0 fully saturated rings. The van der Waals surface area contributed by atoms with Crippen LogP contribution in [0.4, 0.5) is 0 Å². The average Bonchev–Trinajstić information content (AvgIpc) is 2.88. The predicted molar refractivity (Wildman–Crippen MR) is 80.0 cm³/mol. The van der Waals surface area contributed by atoms with Gasteiger partial charge >= 0.3 is 0 Å². The molecule has 1 heterocycles. The number of aromatic nitrogens is 1. The summed E-state index contributed by atoms with van der Waals surface area (Å²) in [5, 5.41) is 5.28. The van der Waals surface area contributed by atoms with Gasteiger partial charge in [-0.25, -0.2) is 4.98 Å². The maximum absolute atomic E-state index is 6.19. The number of aryl methyl sites for hydroxylation is 1. The summed E-state index contributed by atoms with van der Waals surface area (Å²) < 4.78 is 5.32. The zero-order valence-electron chi connectivity index (χ0n) is 11.1. The monoisotopic (exact) mass is 296 g/mol. The molecule has 0 bridgehead atoms. The molecule has 0 atom stereocenters. The number of hydrogen-bond acceptors (Lipinski definition) is 4. The molecule has 0 aliphatic rings. The van der Waals surface area contributed by atoms with Crippen LogP contribution in [0.5, 0.6) is 5.75 Å². The first-order valence-corrected chi connectivity index (χ1v) is 7.39. The lowest BCUT2D eigenvalue weighted by atomic mass is 10.2. The Labute approximate surface area is 122 Å². The molecular formula is C14H17ClN2OS. The highest BCUT2D eigenvalue weighted by atomic mass is 35.5. The van der Waals surface area contributed by atoms with Crippen molar-refractivity contribution in [3.63, 3.8) is 0 Å². The second kappa shape index (κ2) is 6.89. The number of nitrogens with one attached hydrogen (secondary N) is 1. The molecule has 0 saturated carbocycles. The summed E-state index contributed by atoms with van der Waals surface area (Å²) in [4.78, 5) is 5.58. The minimum atomic E-state index is 0.683. The first-order chi connectivity index (χ1) is 9.24. The fourth-order valence-electron chi connectivity index (χ4n) is 1.81. The zero-order chi connectivity index (χ0) is 13.7. The molecule has 0 spiro atoms. The Balaban J connectivity index is 1.95. The van der Waals surface area contributed by atoms with E-state index in [9.17, 15) is 0 Å². The van der Waals surface area contributed by atoms with Crippen molar-refractivity contribution in [1.29, 1.82) is 0 Å². The number of thiazole rings is 1. The van der Waals surface area contributed by atoms with Gasteiger partial charge in [-0.2, -0.15) is 0 Å². The lowest BCUT2D eigenvalue weighted by Crippen LogP contribution is -2.13. The second-order valence-corrected chi connectivity index (χ2v) is 5.71. The summed E-state index contributed by atoms with van der Waals surface area (Å²) in [5.74, 6) is 0.818. The topological polar surface area (TPSA) is 34.2 Å². The van der Waals surface area contributed by atoms with Crippen molar-refractivity contribution < 1.29 is 4.74 Å². The molecule has 0 aliphatic heterocycles. The van der Waals surface area contributed by atoms with Gasteiger partial charge in [0.1, 0.15) is 5.75 Å². The van der Waals surface area contributed by atoms with E-state index >= 15 is 0 Å². The van der Waals surface area contributed by atoms with Crippen LogP contribution in [0.1, 0.15) is 22.4 Å². The molecule has 1 N–H and O–H groups in total. The highest BCUT2D eigenvalue weighted by Crippen LogP contribution is 2.26. The average molecular weight is 297 g/mol. The zero-order valence-corrected chi connectivity index (χ0v) is 12.6. The van der Waals surface area contributed by atoms with Crippen LogP contribution in [0.25, 0.3) is 0 Å². The maximum atomic E-state index is 6.19. The van der Waals surface area contributed by atoms with E-state index in [1.807, 2.05) is 24.4 Å². The number of methoxy groups -OCH3 is 1. The minimum Gasteiger partial charge on any atom is -0.496 e. The summed E-state index contributed by atoms with van der Waals surface area (Å²) in [6, 6.07) is 5.69. The molecule has 102 valence electrons. The Hall–Kier alpha value is -1.10. The molecular weight excluding hydrogens is 280 g/mol. The molecule has 19 heavy (non-hydrogen) atoms. The first kappa shape index (κ1) is 14.3. The van der Waals surface area contributed by atoms with Crippen LogP contribution in [-0.2, 0) is 19.5 Å². The van der Waals surface area contributed by atoms with Crippen LogP contribution in [0, 0.1) is 0 Å². The van der Waals surface area contributed by atoms with E-state index in [2.05, 4.69) is 17.2 Å². The molecule has 5 heteroatoms. The second-order valence-electron chi connectivity index (χ2n) is 4.10. The van der Waals surface area contributed by atoms with E-state index in [1.165, 1.54) is 9.88 Å². The highest BCUT2D eigenvalue weighted by molar-refractivity contribution is 7.11. The third kappa shape index (κ3) is 3.69. The van der Waals surface area contributed by atoms with E-state index in [0.717, 1.165) is 29.3 Å². The number of hydrogen-bond donors (Lipinski definition) is 1. The number of ether oxygens (including phenoxy) is 1. The van der Waals surface area contributed by atoms with Gasteiger partial charge in [-0.3, -0.25) is 0 Å². The summed E-state index contributed by atoms with van der Waals surface area (Å²) in [5.41, 5.74) is 0.992. The van der Waals surface area contributed by atoms with Gasteiger partial charge in [0.15, 0.2) is 0 Å². The van der Waals surface area contributed by atoms with Gasteiger partial charge in [0.05, 0.1) is 12.1 Å². The Bertz CT molecular complexity index is 542. The first-order valence-electron chi connectivity index (χ1n) is 6.20. The Morgan fingerprint density at radius 3 is 2.89 bits per heavy atom. The van der Waals surface area contributed by atoms with E-state index in [4.69, 9.17) is 16.3 Å². The van der Waals surface area contributed by atoms with E-state index < -0.39 is 0 Å². The van der Waals surface area contributed by atoms with Crippen molar-refractivity contribution in [1.82, 2.24) is 10.3 Å². The van der Waals surface area contributed by atoms with Gasteiger partial charge in [0, 0.05) is 34.7 Å². The Kier molecular flexibility index (Phi) is 5.19. The number of benzene rings is 1. The van der Waals surface area contributed by atoms with Gasteiger partial charge < -0.3 is 10.1 Å². The van der Waals surface area contributed by atoms with Gasteiger partial charge in [0.2, 0.25) is 0 Å². The van der Waals surface area contributed by atoms with Crippen molar-refractivity contribution in [2.24, 2.45) is 0 Å². The molecule has 2 aromatic rings. The van der Waals surface area contributed by atoms with Crippen molar-refractivity contribution in [3.8, 4) is 5.75 Å². The quantitative estimate of drug-likeness (QED) is 0.883. The Morgan fingerprint density at radius 1 is 1.37 bits per heavy atom. The lowest BCUT2D eigenvalue weighted by Gasteiger charge is -2.10.